The van der Waals surface area contributed by atoms with E-state index in [4.69, 9.17) is 28.2 Å². The summed E-state index contributed by atoms with van der Waals surface area (Å²) < 4.78 is 0. The molecular weight excluding hydrogens is 498 g/mol. The molecule has 1 amide bonds. The molecule has 8 heteroatoms. The number of guanidine groups is 1. The second kappa shape index (κ2) is 10.7. The van der Waals surface area contributed by atoms with Crippen molar-refractivity contribution in [3.05, 3.63) is 33.8 Å². The number of carbonyl (C=O) groups is 1. The lowest BCUT2D eigenvalue weighted by atomic mass is 9.85. The fourth-order valence-electron chi connectivity index (χ4n) is 2.94. The zero-order valence-corrected chi connectivity index (χ0v) is 20.2. The van der Waals surface area contributed by atoms with Gasteiger partial charge in [0.1, 0.15) is 0 Å². The van der Waals surface area contributed by atoms with Crippen LogP contribution < -0.4 is 5.32 Å². The number of rotatable bonds is 4. The molecule has 1 aliphatic rings. The van der Waals surface area contributed by atoms with E-state index >= 15 is 0 Å². The number of hydrogen-bond donors (Lipinski definition) is 1. The Morgan fingerprint density at radius 2 is 1.74 bits per heavy atom. The van der Waals surface area contributed by atoms with E-state index in [0.29, 0.717) is 16.6 Å². The van der Waals surface area contributed by atoms with Crippen molar-refractivity contribution >= 4 is 59.0 Å². The standard InChI is InChI=1S/C19H28Cl2N4O.HI/c1-5-22-18(25-10-8-24(9-11-25)14(2)26)23-13-19(3,4)15-6-7-16(20)17(21)12-15;/h6-7,12H,5,8-11,13H2,1-4H3,(H,22,23);1H. The first-order valence-electron chi connectivity index (χ1n) is 8.99. The topological polar surface area (TPSA) is 47.9 Å². The van der Waals surface area contributed by atoms with E-state index in [0.717, 1.165) is 44.2 Å². The number of benzene rings is 1. The first-order valence-corrected chi connectivity index (χ1v) is 9.74. The Morgan fingerprint density at radius 3 is 2.26 bits per heavy atom. The molecule has 1 fully saturated rings. The molecule has 27 heavy (non-hydrogen) atoms. The summed E-state index contributed by atoms with van der Waals surface area (Å²) in [5, 5.41) is 4.49. The highest BCUT2D eigenvalue weighted by atomic mass is 127. The normalized spacial score (nSPS) is 15.4. The molecule has 1 saturated heterocycles. The van der Waals surface area contributed by atoms with Crippen LogP contribution in [0.5, 0.6) is 0 Å². The zero-order chi connectivity index (χ0) is 19.3. The fraction of sp³-hybridized carbons (Fsp3) is 0.579. The molecule has 152 valence electrons. The fourth-order valence-corrected chi connectivity index (χ4v) is 3.24. The number of hydrogen-bond acceptors (Lipinski definition) is 2. The molecule has 0 saturated carbocycles. The van der Waals surface area contributed by atoms with Crippen LogP contribution in [-0.2, 0) is 10.2 Å². The quantitative estimate of drug-likeness (QED) is 0.366. The van der Waals surface area contributed by atoms with Gasteiger partial charge in [-0.1, -0.05) is 43.1 Å². The maximum atomic E-state index is 11.5. The smallest absolute Gasteiger partial charge is 0.219 e. The predicted molar refractivity (Wildman–Crippen MR) is 125 cm³/mol. The first kappa shape index (κ1) is 24.3. The van der Waals surface area contributed by atoms with Crippen LogP contribution in [0.3, 0.4) is 0 Å². The molecule has 1 heterocycles. The van der Waals surface area contributed by atoms with E-state index in [1.807, 2.05) is 23.1 Å². The summed E-state index contributed by atoms with van der Waals surface area (Å²) in [4.78, 5) is 20.5. The highest BCUT2D eigenvalue weighted by Crippen LogP contribution is 2.30. The number of halogens is 3. The lowest BCUT2D eigenvalue weighted by molar-refractivity contribution is -0.130. The largest absolute Gasteiger partial charge is 0.357 e. The van der Waals surface area contributed by atoms with Crippen LogP contribution in [0.25, 0.3) is 0 Å². The van der Waals surface area contributed by atoms with Gasteiger partial charge in [0.05, 0.1) is 16.6 Å². The third-order valence-corrected chi connectivity index (χ3v) is 5.42. The number of piperazine rings is 1. The lowest BCUT2D eigenvalue weighted by Crippen LogP contribution is -2.53. The van der Waals surface area contributed by atoms with Crippen LogP contribution in [0.4, 0.5) is 0 Å². The van der Waals surface area contributed by atoms with Crippen molar-refractivity contribution in [2.24, 2.45) is 4.99 Å². The van der Waals surface area contributed by atoms with Crippen molar-refractivity contribution in [3.63, 3.8) is 0 Å². The van der Waals surface area contributed by atoms with Gasteiger partial charge in [0.2, 0.25) is 5.91 Å². The van der Waals surface area contributed by atoms with Crippen molar-refractivity contribution in [1.82, 2.24) is 15.1 Å². The van der Waals surface area contributed by atoms with Crippen LogP contribution in [0, 0.1) is 0 Å². The summed E-state index contributed by atoms with van der Waals surface area (Å²) in [5.41, 5.74) is 0.934. The van der Waals surface area contributed by atoms with Crippen LogP contribution in [-0.4, -0.2) is 60.9 Å². The Labute approximate surface area is 189 Å². The number of nitrogens with zero attached hydrogens (tertiary/aromatic N) is 3. The molecule has 2 rings (SSSR count). The molecule has 1 aromatic rings. The average Bonchev–Trinajstić information content (AvgIpc) is 2.61. The monoisotopic (exact) mass is 526 g/mol. The van der Waals surface area contributed by atoms with Gasteiger partial charge < -0.3 is 15.1 Å². The van der Waals surface area contributed by atoms with Gasteiger partial charge >= 0.3 is 0 Å². The average molecular weight is 527 g/mol. The molecule has 0 aromatic heterocycles. The van der Waals surface area contributed by atoms with E-state index in [1.165, 1.54) is 0 Å². The molecule has 0 atom stereocenters. The second-order valence-corrected chi connectivity index (χ2v) is 7.99. The van der Waals surface area contributed by atoms with E-state index in [-0.39, 0.29) is 35.3 Å². The summed E-state index contributed by atoms with van der Waals surface area (Å²) in [6.45, 7) is 12.4. The van der Waals surface area contributed by atoms with Crippen molar-refractivity contribution < 1.29 is 4.79 Å². The van der Waals surface area contributed by atoms with Crippen LogP contribution in [0.2, 0.25) is 10.0 Å². The van der Waals surface area contributed by atoms with Crippen LogP contribution in [0.15, 0.2) is 23.2 Å². The minimum atomic E-state index is -0.171. The third-order valence-electron chi connectivity index (χ3n) is 4.68. The molecule has 5 nitrogen and oxygen atoms in total. The third kappa shape index (κ3) is 6.68. The number of nitrogens with one attached hydrogen (secondary N) is 1. The van der Waals surface area contributed by atoms with Gasteiger partial charge in [0, 0.05) is 45.1 Å². The Balaban J connectivity index is 0.00000364. The van der Waals surface area contributed by atoms with Crippen molar-refractivity contribution in [3.8, 4) is 0 Å². The number of amides is 1. The van der Waals surface area contributed by atoms with Gasteiger partial charge in [0.25, 0.3) is 0 Å². The van der Waals surface area contributed by atoms with Gasteiger partial charge in [-0.3, -0.25) is 9.79 Å². The Morgan fingerprint density at radius 1 is 1.15 bits per heavy atom. The minimum absolute atomic E-state index is 0. The van der Waals surface area contributed by atoms with E-state index in [2.05, 4.69) is 31.0 Å². The summed E-state index contributed by atoms with van der Waals surface area (Å²) in [7, 11) is 0. The molecule has 0 radical (unpaired) electrons. The van der Waals surface area contributed by atoms with Crippen molar-refractivity contribution in [2.45, 2.75) is 33.1 Å². The summed E-state index contributed by atoms with van der Waals surface area (Å²) >= 11 is 12.2. The molecule has 1 N–H and O–H groups in total. The van der Waals surface area contributed by atoms with E-state index in [9.17, 15) is 4.79 Å². The maximum Gasteiger partial charge on any atom is 0.219 e. The van der Waals surface area contributed by atoms with Gasteiger partial charge in [-0.25, -0.2) is 0 Å². The Kier molecular flexibility index (Phi) is 9.65. The summed E-state index contributed by atoms with van der Waals surface area (Å²) in [6, 6.07) is 5.75. The highest BCUT2D eigenvalue weighted by Gasteiger charge is 2.24. The van der Waals surface area contributed by atoms with Gasteiger partial charge in [-0.05, 0) is 24.6 Å². The molecule has 0 bridgehead atoms. The van der Waals surface area contributed by atoms with Crippen molar-refractivity contribution in [2.75, 3.05) is 39.3 Å². The molecule has 0 aliphatic carbocycles. The van der Waals surface area contributed by atoms with Crippen molar-refractivity contribution in [1.29, 1.82) is 0 Å². The van der Waals surface area contributed by atoms with Gasteiger partial charge in [-0.2, -0.15) is 0 Å². The van der Waals surface area contributed by atoms with Gasteiger partial charge in [0.15, 0.2) is 5.96 Å². The Bertz CT molecular complexity index is 674. The zero-order valence-electron chi connectivity index (χ0n) is 16.4. The molecule has 1 aliphatic heterocycles. The van der Waals surface area contributed by atoms with E-state index < -0.39 is 0 Å². The molecule has 0 unspecified atom stereocenters. The minimum Gasteiger partial charge on any atom is -0.357 e. The molecule has 1 aromatic carbocycles. The molecular formula is C19H29Cl2IN4O. The van der Waals surface area contributed by atoms with Gasteiger partial charge in [-0.15, -0.1) is 24.0 Å². The maximum absolute atomic E-state index is 11.5. The second-order valence-electron chi connectivity index (χ2n) is 7.18. The predicted octanol–water partition coefficient (Wildman–Crippen LogP) is 4.02. The Hall–Kier alpha value is -0.730. The van der Waals surface area contributed by atoms with E-state index in [1.54, 1.807) is 6.92 Å². The number of aliphatic imine (C=N–C) groups is 1. The van der Waals surface area contributed by atoms with Crippen LogP contribution in [0.1, 0.15) is 33.3 Å². The summed E-state index contributed by atoms with van der Waals surface area (Å²) in [6.07, 6.45) is 0. The lowest BCUT2D eigenvalue weighted by Gasteiger charge is -2.36. The number of carbonyl (C=O) groups excluding carboxylic acids is 1. The summed E-state index contributed by atoms with van der Waals surface area (Å²) in [5.74, 6) is 1.02. The molecule has 0 spiro atoms. The van der Waals surface area contributed by atoms with Crippen LogP contribution >= 0.6 is 47.2 Å². The first-order chi connectivity index (χ1) is 12.2. The highest BCUT2D eigenvalue weighted by molar-refractivity contribution is 14.0. The SMILES string of the molecule is CCNC(=NCC(C)(C)c1ccc(Cl)c(Cl)c1)N1CCN(C(C)=O)CC1.I.